The van der Waals surface area contributed by atoms with E-state index in [4.69, 9.17) is 9.52 Å². The summed E-state index contributed by atoms with van der Waals surface area (Å²) in [6.07, 6.45) is -1.06. The van der Waals surface area contributed by atoms with Crippen LogP contribution < -0.4 is 5.32 Å². The van der Waals surface area contributed by atoms with E-state index in [0.717, 1.165) is 21.0 Å². The van der Waals surface area contributed by atoms with Gasteiger partial charge in [0.05, 0.1) is 6.54 Å². The van der Waals surface area contributed by atoms with Crippen molar-refractivity contribution in [2.45, 2.75) is 32.7 Å². The van der Waals surface area contributed by atoms with Crippen LogP contribution in [0.15, 0.2) is 27.1 Å². The Morgan fingerprint density at radius 1 is 1.37 bits per heavy atom. The number of carbonyl (C=O) groups is 1. The van der Waals surface area contributed by atoms with Crippen molar-refractivity contribution in [3.8, 4) is 0 Å². The summed E-state index contributed by atoms with van der Waals surface area (Å²) in [6, 6.07) is 5.88. The molecule has 4 nitrogen and oxygen atoms in total. The van der Waals surface area contributed by atoms with Crippen LogP contribution in [0, 0.1) is 0 Å². The van der Waals surface area contributed by atoms with E-state index in [1.807, 2.05) is 18.2 Å². The molecule has 2 N–H and O–H groups in total. The fraction of sp³-hybridized carbons (Fsp3) is 0.357. The molecule has 0 saturated carbocycles. The summed E-state index contributed by atoms with van der Waals surface area (Å²) in [4.78, 5) is 10.5. The van der Waals surface area contributed by atoms with Gasteiger partial charge in [-0.05, 0) is 23.6 Å². The van der Waals surface area contributed by atoms with Crippen LogP contribution in [0.5, 0.6) is 0 Å². The Labute approximate surface area is 119 Å². The van der Waals surface area contributed by atoms with Crippen molar-refractivity contribution >= 4 is 33.0 Å². The SMILES string of the molecule is CC(C)(C)c1cc(Br)cc2cc(CNC(=O)O)oc12. The maximum Gasteiger partial charge on any atom is 0.405 e. The largest absolute Gasteiger partial charge is 0.465 e. The van der Waals surface area contributed by atoms with Gasteiger partial charge in [-0.1, -0.05) is 36.7 Å². The molecule has 102 valence electrons. The predicted octanol–water partition coefficient (Wildman–Crippen LogP) is 4.26. The zero-order valence-electron chi connectivity index (χ0n) is 11.1. The molecule has 0 aliphatic heterocycles. The van der Waals surface area contributed by atoms with Crippen molar-refractivity contribution in [1.29, 1.82) is 0 Å². The van der Waals surface area contributed by atoms with Gasteiger partial charge in [-0.25, -0.2) is 4.79 Å². The molecule has 1 aromatic heterocycles. The molecule has 19 heavy (non-hydrogen) atoms. The standard InChI is InChI=1S/C14H16BrNO3/c1-14(2,3)11-6-9(15)4-8-5-10(19-12(8)11)7-16-13(17)18/h4-6,16H,7H2,1-3H3,(H,17,18). The maximum atomic E-state index is 10.5. The Bertz CT molecular complexity index is 625. The van der Waals surface area contributed by atoms with E-state index in [-0.39, 0.29) is 12.0 Å². The Kier molecular flexibility index (Phi) is 3.58. The highest BCUT2D eigenvalue weighted by Gasteiger charge is 2.20. The van der Waals surface area contributed by atoms with Gasteiger partial charge in [0.2, 0.25) is 0 Å². The van der Waals surface area contributed by atoms with Crippen molar-refractivity contribution in [2.24, 2.45) is 0 Å². The molecule has 0 saturated heterocycles. The molecule has 1 aromatic carbocycles. The average molecular weight is 326 g/mol. The molecule has 0 atom stereocenters. The van der Waals surface area contributed by atoms with Crippen molar-refractivity contribution < 1.29 is 14.3 Å². The van der Waals surface area contributed by atoms with Gasteiger partial charge in [-0.2, -0.15) is 0 Å². The Morgan fingerprint density at radius 3 is 2.63 bits per heavy atom. The number of halogens is 1. The van der Waals surface area contributed by atoms with Crippen molar-refractivity contribution in [3.63, 3.8) is 0 Å². The Morgan fingerprint density at radius 2 is 2.05 bits per heavy atom. The fourth-order valence-corrected chi connectivity index (χ4v) is 2.45. The second kappa shape index (κ2) is 4.89. The summed E-state index contributed by atoms with van der Waals surface area (Å²) in [5.74, 6) is 0.612. The van der Waals surface area contributed by atoms with Crippen LogP contribution in [0.2, 0.25) is 0 Å². The lowest BCUT2D eigenvalue weighted by Gasteiger charge is -2.19. The van der Waals surface area contributed by atoms with Gasteiger partial charge in [0.1, 0.15) is 11.3 Å². The van der Waals surface area contributed by atoms with Crippen LogP contribution in [0.4, 0.5) is 4.79 Å². The highest BCUT2D eigenvalue weighted by atomic mass is 79.9. The summed E-state index contributed by atoms with van der Waals surface area (Å²) in [6.45, 7) is 6.52. The van der Waals surface area contributed by atoms with Crippen molar-refractivity contribution in [3.05, 3.63) is 34.0 Å². The normalized spacial score (nSPS) is 11.8. The highest BCUT2D eigenvalue weighted by molar-refractivity contribution is 9.10. The van der Waals surface area contributed by atoms with E-state index in [0.29, 0.717) is 5.76 Å². The molecule has 0 unspecified atom stereocenters. The molecule has 0 aliphatic rings. The Hall–Kier alpha value is -1.49. The second-order valence-electron chi connectivity index (χ2n) is 5.49. The van der Waals surface area contributed by atoms with Crippen LogP contribution in [0.25, 0.3) is 11.0 Å². The van der Waals surface area contributed by atoms with Gasteiger partial charge < -0.3 is 14.8 Å². The number of nitrogens with one attached hydrogen (secondary N) is 1. The molecule has 0 radical (unpaired) electrons. The predicted molar refractivity (Wildman–Crippen MR) is 77.5 cm³/mol. The molecule has 2 aromatic rings. The smallest absolute Gasteiger partial charge is 0.405 e. The minimum atomic E-state index is -1.06. The van der Waals surface area contributed by atoms with Crippen molar-refractivity contribution in [1.82, 2.24) is 5.32 Å². The zero-order chi connectivity index (χ0) is 14.2. The monoisotopic (exact) mass is 325 g/mol. The first-order chi connectivity index (χ1) is 8.77. The number of carboxylic acid groups (broad SMARTS) is 1. The van der Waals surface area contributed by atoms with Gasteiger partial charge in [-0.15, -0.1) is 0 Å². The fourth-order valence-electron chi connectivity index (χ4n) is 1.98. The van der Waals surface area contributed by atoms with E-state index in [9.17, 15) is 4.79 Å². The molecule has 0 aliphatic carbocycles. The first kappa shape index (κ1) is 13.9. The molecular weight excluding hydrogens is 310 g/mol. The third kappa shape index (κ3) is 3.10. The number of amides is 1. The number of rotatable bonds is 2. The average Bonchev–Trinajstić information content (AvgIpc) is 2.66. The van der Waals surface area contributed by atoms with Gasteiger partial charge >= 0.3 is 6.09 Å². The second-order valence-corrected chi connectivity index (χ2v) is 6.41. The molecule has 0 fully saturated rings. The summed E-state index contributed by atoms with van der Waals surface area (Å²) < 4.78 is 6.77. The molecule has 0 spiro atoms. The number of benzene rings is 1. The molecule has 5 heteroatoms. The lowest BCUT2D eigenvalue weighted by molar-refractivity contribution is 0.193. The summed E-state index contributed by atoms with van der Waals surface area (Å²) >= 11 is 3.50. The van der Waals surface area contributed by atoms with Crippen molar-refractivity contribution in [2.75, 3.05) is 0 Å². The van der Waals surface area contributed by atoms with E-state index in [1.54, 1.807) is 0 Å². The molecule has 1 heterocycles. The van der Waals surface area contributed by atoms with E-state index in [1.165, 1.54) is 0 Å². The molecule has 2 rings (SSSR count). The quantitative estimate of drug-likeness (QED) is 0.867. The van der Waals surface area contributed by atoms with Gasteiger partial charge in [0, 0.05) is 15.4 Å². The third-order valence-corrected chi connectivity index (χ3v) is 3.31. The Balaban J connectivity index is 2.49. The lowest BCUT2D eigenvalue weighted by atomic mass is 9.86. The minimum absolute atomic E-state index is 0.0443. The summed E-state index contributed by atoms with van der Waals surface area (Å²) in [5.41, 5.74) is 1.87. The molecule has 1 amide bonds. The van der Waals surface area contributed by atoms with Gasteiger partial charge in [0.15, 0.2) is 0 Å². The van der Waals surface area contributed by atoms with Crippen LogP contribution in [-0.4, -0.2) is 11.2 Å². The summed E-state index contributed by atoms with van der Waals surface area (Å²) in [7, 11) is 0. The highest BCUT2D eigenvalue weighted by Crippen LogP contribution is 2.34. The van der Waals surface area contributed by atoms with Crippen LogP contribution in [-0.2, 0) is 12.0 Å². The number of fused-ring (bicyclic) bond motifs is 1. The van der Waals surface area contributed by atoms with Gasteiger partial charge in [0.25, 0.3) is 0 Å². The van der Waals surface area contributed by atoms with Crippen LogP contribution >= 0.6 is 15.9 Å². The minimum Gasteiger partial charge on any atom is -0.465 e. The first-order valence-corrected chi connectivity index (χ1v) is 6.76. The zero-order valence-corrected chi connectivity index (χ0v) is 12.7. The van der Waals surface area contributed by atoms with Crippen LogP contribution in [0.1, 0.15) is 32.1 Å². The lowest BCUT2D eigenvalue weighted by Crippen LogP contribution is -2.19. The third-order valence-electron chi connectivity index (χ3n) is 2.85. The topological polar surface area (TPSA) is 62.5 Å². The van der Waals surface area contributed by atoms with Gasteiger partial charge in [-0.3, -0.25) is 0 Å². The van der Waals surface area contributed by atoms with E-state index < -0.39 is 6.09 Å². The maximum absolute atomic E-state index is 10.5. The number of hydrogen-bond acceptors (Lipinski definition) is 2. The van der Waals surface area contributed by atoms with E-state index in [2.05, 4.69) is 42.0 Å². The number of furan rings is 1. The number of hydrogen-bond donors (Lipinski definition) is 2. The molecule has 0 bridgehead atoms. The first-order valence-electron chi connectivity index (χ1n) is 5.96. The van der Waals surface area contributed by atoms with Crippen LogP contribution in [0.3, 0.4) is 0 Å². The summed E-state index contributed by atoms with van der Waals surface area (Å²) in [5, 5.41) is 11.9. The van der Waals surface area contributed by atoms with E-state index >= 15 is 0 Å². The molecular formula is C14H16BrNO3.